The molecule has 1 aliphatic rings. The van der Waals surface area contributed by atoms with Crippen LogP contribution in [0.1, 0.15) is 30.8 Å². The Bertz CT molecular complexity index is 703. The number of carbonyl (C=O) groups excluding carboxylic acids is 1. The van der Waals surface area contributed by atoms with Crippen molar-refractivity contribution in [3.63, 3.8) is 0 Å². The molecule has 2 aromatic heterocycles. The van der Waals surface area contributed by atoms with Gasteiger partial charge in [0.2, 0.25) is 11.8 Å². The Kier molecular flexibility index (Phi) is 5.06. The number of nitrogens with zero attached hydrogens (tertiary/aromatic N) is 4. The molecule has 2 aromatic rings. The summed E-state index contributed by atoms with van der Waals surface area (Å²) in [6.45, 7) is 7.22. The zero-order valence-electron chi connectivity index (χ0n) is 14.0. The summed E-state index contributed by atoms with van der Waals surface area (Å²) >= 11 is 1.51. The zero-order valence-corrected chi connectivity index (χ0v) is 14.8. The molecule has 1 fully saturated rings. The summed E-state index contributed by atoms with van der Waals surface area (Å²) in [5.41, 5.74) is 0.879. The number of amides is 1. The van der Waals surface area contributed by atoms with Crippen LogP contribution in [0.4, 0.5) is 5.13 Å². The number of nitrogens with one attached hydrogen (secondary N) is 1. The molecular weight excluding hydrogens is 326 g/mol. The topological polar surface area (TPSA) is 80.2 Å². The number of anilines is 1. The average Bonchev–Trinajstić information content (AvgIpc) is 3.08. The summed E-state index contributed by atoms with van der Waals surface area (Å²) in [6, 6.07) is 0.416. The van der Waals surface area contributed by atoms with Crippen molar-refractivity contribution in [2.24, 2.45) is 0 Å². The predicted molar refractivity (Wildman–Crippen MR) is 92.1 cm³/mol. The van der Waals surface area contributed by atoms with Crippen molar-refractivity contribution >= 4 is 22.4 Å². The molecule has 128 valence electrons. The van der Waals surface area contributed by atoms with Crippen molar-refractivity contribution in [2.75, 3.05) is 11.9 Å². The van der Waals surface area contributed by atoms with Crippen LogP contribution in [0.3, 0.4) is 0 Å². The van der Waals surface area contributed by atoms with Crippen LogP contribution in [0.2, 0.25) is 0 Å². The molecule has 0 saturated carbocycles. The molecule has 0 aromatic carbocycles. The first kappa shape index (κ1) is 16.8. The number of likely N-dealkylation sites (tertiary alicyclic amines) is 1. The normalized spacial score (nSPS) is 21.0. The summed E-state index contributed by atoms with van der Waals surface area (Å²) in [7, 11) is 0. The third kappa shape index (κ3) is 4.27. The summed E-state index contributed by atoms with van der Waals surface area (Å²) in [5.74, 6) is 0.475. The SMILES string of the molecule is CC(=O)Nc1ncc(CN2C[C@H](Oc3cnc(C)cn3)C[C@@H]2C)s1. The van der Waals surface area contributed by atoms with E-state index in [-0.39, 0.29) is 12.0 Å². The number of ether oxygens (including phenoxy) is 1. The molecule has 0 aliphatic carbocycles. The first-order chi connectivity index (χ1) is 11.5. The van der Waals surface area contributed by atoms with Gasteiger partial charge < -0.3 is 10.1 Å². The Morgan fingerprint density at radius 2 is 2.21 bits per heavy atom. The lowest BCUT2D eigenvalue weighted by Crippen LogP contribution is -2.27. The number of rotatable bonds is 5. The van der Waals surface area contributed by atoms with Gasteiger partial charge >= 0.3 is 0 Å². The van der Waals surface area contributed by atoms with Gasteiger partial charge in [-0.15, -0.1) is 11.3 Å². The van der Waals surface area contributed by atoms with E-state index < -0.39 is 0 Å². The molecule has 24 heavy (non-hydrogen) atoms. The Hall–Kier alpha value is -2.06. The van der Waals surface area contributed by atoms with E-state index in [0.29, 0.717) is 17.1 Å². The number of hydrogen-bond donors (Lipinski definition) is 1. The van der Waals surface area contributed by atoms with Gasteiger partial charge in [-0.3, -0.25) is 14.7 Å². The lowest BCUT2D eigenvalue weighted by atomic mass is 10.2. The van der Waals surface area contributed by atoms with Crippen molar-refractivity contribution in [2.45, 2.75) is 45.9 Å². The van der Waals surface area contributed by atoms with E-state index in [2.05, 4.69) is 32.1 Å². The van der Waals surface area contributed by atoms with Gasteiger partial charge in [0, 0.05) is 43.5 Å². The van der Waals surface area contributed by atoms with Crippen molar-refractivity contribution < 1.29 is 9.53 Å². The molecular formula is C16H21N5O2S. The molecule has 1 saturated heterocycles. The molecule has 3 rings (SSSR count). The van der Waals surface area contributed by atoms with Crippen molar-refractivity contribution in [3.05, 3.63) is 29.2 Å². The lowest BCUT2D eigenvalue weighted by Gasteiger charge is -2.19. The Balaban J connectivity index is 1.56. The fraction of sp³-hybridized carbons (Fsp3) is 0.500. The second kappa shape index (κ2) is 7.23. The minimum atomic E-state index is -0.0990. The fourth-order valence-electron chi connectivity index (χ4n) is 2.75. The van der Waals surface area contributed by atoms with Gasteiger partial charge in [-0.25, -0.2) is 9.97 Å². The van der Waals surface area contributed by atoms with Gasteiger partial charge in [0.25, 0.3) is 0 Å². The highest BCUT2D eigenvalue weighted by Gasteiger charge is 2.31. The molecule has 0 bridgehead atoms. The summed E-state index contributed by atoms with van der Waals surface area (Å²) in [4.78, 5) is 27.3. The number of aromatic nitrogens is 3. The largest absolute Gasteiger partial charge is 0.472 e. The van der Waals surface area contributed by atoms with Gasteiger partial charge in [-0.05, 0) is 13.8 Å². The first-order valence-electron chi connectivity index (χ1n) is 7.91. The summed E-state index contributed by atoms with van der Waals surface area (Å²) in [6.07, 6.45) is 6.27. The highest BCUT2D eigenvalue weighted by Crippen LogP contribution is 2.26. The number of carbonyl (C=O) groups is 1. The highest BCUT2D eigenvalue weighted by atomic mass is 32.1. The van der Waals surface area contributed by atoms with E-state index in [0.717, 1.165) is 30.1 Å². The third-order valence-corrected chi connectivity index (χ3v) is 4.80. The van der Waals surface area contributed by atoms with E-state index in [4.69, 9.17) is 4.74 Å². The van der Waals surface area contributed by atoms with Gasteiger partial charge in [0.05, 0.1) is 18.1 Å². The molecule has 7 nitrogen and oxygen atoms in total. The molecule has 1 aliphatic heterocycles. The number of aryl methyl sites for hydroxylation is 1. The van der Waals surface area contributed by atoms with Crippen LogP contribution in [0.25, 0.3) is 0 Å². The van der Waals surface area contributed by atoms with Crippen molar-refractivity contribution in [3.8, 4) is 5.88 Å². The molecule has 0 unspecified atom stereocenters. The smallest absolute Gasteiger partial charge is 0.232 e. The predicted octanol–water partition coefficient (Wildman–Crippen LogP) is 2.24. The van der Waals surface area contributed by atoms with Crippen LogP contribution in [-0.2, 0) is 11.3 Å². The van der Waals surface area contributed by atoms with E-state index >= 15 is 0 Å². The monoisotopic (exact) mass is 347 g/mol. The van der Waals surface area contributed by atoms with Crippen LogP contribution in [-0.4, -0.2) is 44.4 Å². The van der Waals surface area contributed by atoms with Crippen LogP contribution in [0.5, 0.6) is 5.88 Å². The molecule has 1 amide bonds. The first-order valence-corrected chi connectivity index (χ1v) is 8.73. The van der Waals surface area contributed by atoms with Gasteiger partial charge in [-0.1, -0.05) is 0 Å². The molecule has 1 N–H and O–H groups in total. The molecule has 3 heterocycles. The second-order valence-electron chi connectivity index (χ2n) is 6.06. The maximum absolute atomic E-state index is 11.1. The van der Waals surface area contributed by atoms with Crippen LogP contribution in [0.15, 0.2) is 18.6 Å². The minimum Gasteiger partial charge on any atom is -0.472 e. The summed E-state index contributed by atoms with van der Waals surface area (Å²) in [5, 5.41) is 3.36. The van der Waals surface area contributed by atoms with Crippen molar-refractivity contribution in [1.29, 1.82) is 0 Å². The zero-order chi connectivity index (χ0) is 17.1. The fourth-order valence-corrected chi connectivity index (χ4v) is 3.64. The Morgan fingerprint density at radius 3 is 2.92 bits per heavy atom. The minimum absolute atomic E-state index is 0.0990. The maximum atomic E-state index is 11.1. The van der Waals surface area contributed by atoms with Crippen LogP contribution in [0, 0.1) is 6.92 Å². The van der Waals surface area contributed by atoms with Crippen LogP contribution < -0.4 is 10.1 Å². The molecule has 8 heteroatoms. The van der Waals surface area contributed by atoms with E-state index in [1.807, 2.05) is 13.1 Å². The summed E-state index contributed by atoms with van der Waals surface area (Å²) < 4.78 is 5.94. The highest BCUT2D eigenvalue weighted by molar-refractivity contribution is 7.15. The molecule has 2 atom stereocenters. The number of thiazole rings is 1. The Labute approximate surface area is 145 Å². The quantitative estimate of drug-likeness (QED) is 0.893. The van der Waals surface area contributed by atoms with Crippen LogP contribution >= 0.6 is 11.3 Å². The number of hydrogen-bond acceptors (Lipinski definition) is 7. The van der Waals surface area contributed by atoms with Gasteiger partial charge in [0.1, 0.15) is 6.10 Å². The lowest BCUT2D eigenvalue weighted by molar-refractivity contribution is -0.114. The van der Waals surface area contributed by atoms with E-state index in [9.17, 15) is 4.79 Å². The van der Waals surface area contributed by atoms with E-state index in [1.54, 1.807) is 12.4 Å². The second-order valence-corrected chi connectivity index (χ2v) is 7.18. The van der Waals surface area contributed by atoms with Crippen molar-refractivity contribution in [1.82, 2.24) is 19.9 Å². The standard InChI is InChI=1S/C16H21N5O2S/c1-10-5-18-15(7-17-10)23-13-4-11(2)21(8-13)9-14-6-19-16(24-14)20-12(3)22/h5-7,11,13H,4,8-9H2,1-3H3,(H,19,20,22)/t11-,13+/m0/s1. The van der Waals surface area contributed by atoms with Gasteiger partial charge in [-0.2, -0.15) is 0 Å². The average molecular weight is 347 g/mol. The molecule has 0 spiro atoms. The maximum Gasteiger partial charge on any atom is 0.232 e. The molecule has 0 radical (unpaired) electrons. The third-order valence-electron chi connectivity index (χ3n) is 3.91. The van der Waals surface area contributed by atoms with E-state index in [1.165, 1.54) is 18.3 Å². The van der Waals surface area contributed by atoms with Gasteiger partial charge in [0.15, 0.2) is 5.13 Å². The Morgan fingerprint density at radius 1 is 1.38 bits per heavy atom.